The second-order valence-electron chi connectivity index (χ2n) is 11.1. The summed E-state index contributed by atoms with van der Waals surface area (Å²) in [4.78, 5) is 42.7. The van der Waals surface area contributed by atoms with Gasteiger partial charge in [-0.3, -0.25) is 4.79 Å². The van der Waals surface area contributed by atoms with Crippen LogP contribution in [0.5, 0.6) is 0 Å². The molecule has 4 aliphatic rings. The van der Waals surface area contributed by atoms with Crippen molar-refractivity contribution in [2.45, 2.75) is 82.5 Å². The fourth-order valence-electron chi connectivity index (χ4n) is 6.09. The van der Waals surface area contributed by atoms with Gasteiger partial charge >= 0.3 is 12.1 Å². The first-order chi connectivity index (χ1) is 16.6. The van der Waals surface area contributed by atoms with Crippen molar-refractivity contribution in [3.8, 4) is 0 Å². The summed E-state index contributed by atoms with van der Waals surface area (Å²) >= 11 is 1.25. The van der Waals surface area contributed by atoms with E-state index in [-0.39, 0.29) is 24.3 Å². The third-order valence-electron chi connectivity index (χ3n) is 7.20. The van der Waals surface area contributed by atoms with Crippen molar-refractivity contribution in [1.82, 2.24) is 15.6 Å². The molecule has 4 fully saturated rings. The second-order valence-corrected chi connectivity index (χ2v) is 12.1. The highest BCUT2D eigenvalue weighted by molar-refractivity contribution is 7.99. The number of rotatable bonds is 8. The van der Waals surface area contributed by atoms with Gasteiger partial charge in [-0.25, -0.2) is 14.6 Å². The zero-order valence-electron chi connectivity index (χ0n) is 21.0. The Morgan fingerprint density at radius 1 is 1.11 bits per heavy atom. The van der Waals surface area contributed by atoms with Crippen LogP contribution in [0, 0.1) is 23.7 Å². The minimum atomic E-state index is -0.830. The molecule has 1 heterocycles. The Bertz CT molecular complexity index is 919. The van der Waals surface area contributed by atoms with Crippen molar-refractivity contribution in [3.63, 3.8) is 0 Å². The van der Waals surface area contributed by atoms with Gasteiger partial charge in [0.05, 0.1) is 12.2 Å². The molecule has 4 saturated carbocycles. The summed E-state index contributed by atoms with van der Waals surface area (Å²) in [7, 11) is 0. The molecule has 2 N–H and O–H groups in total. The smallest absolute Gasteiger partial charge is 0.408 e. The van der Waals surface area contributed by atoms with Crippen LogP contribution < -0.4 is 10.6 Å². The molecule has 0 spiro atoms. The molecular weight excluding hydrogens is 466 g/mol. The Labute approximate surface area is 211 Å². The zero-order chi connectivity index (χ0) is 25.2. The van der Waals surface area contributed by atoms with Crippen molar-refractivity contribution < 1.29 is 23.9 Å². The van der Waals surface area contributed by atoms with Gasteiger partial charge in [-0.1, -0.05) is 0 Å². The Morgan fingerprint density at radius 3 is 2.37 bits per heavy atom. The monoisotopic (exact) mass is 503 g/mol. The van der Waals surface area contributed by atoms with Crippen LogP contribution in [0.4, 0.5) is 4.79 Å². The SMILES string of the molecule is CCOC(=O)c1cccnc1SCC(NC(=O)OC(C)(C)C)C(=O)NC1C2CC3CC(C2)CC1C3. The predicted molar refractivity (Wildman–Crippen MR) is 133 cm³/mol. The number of pyridine rings is 1. The molecule has 1 aromatic heterocycles. The molecule has 35 heavy (non-hydrogen) atoms. The number of thioether (sulfide) groups is 1. The molecule has 0 saturated heterocycles. The fraction of sp³-hybridized carbons (Fsp3) is 0.692. The van der Waals surface area contributed by atoms with Gasteiger partial charge in [0.25, 0.3) is 0 Å². The van der Waals surface area contributed by atoms with E-state index < -0.39 is 23.7 Å². The van der Waals surface area contributed by atoms with Crippen LogP contribution in [0.15, 0.2) is 23.4 Å². The molecule has 1 atom stereocenters. The summed E-state index contributed by atoms with van der Waals surface area (Å²) in [6.07, 6.45) is 7.05. The van der Waals surface area contributed by atoms with E-state index in [0.717, 1.165) is 11.8 Å². The first kappa shape index (κ1) is 25.8. The van der Waals surface area contributed by atoms with Crippen molar-refractivity contribution >= 4 is 29.7 Å². The van der Waals surface area contributed by atoms with Crippen LogP contribution >= 0.6 is 11.8 Å². The van der Waals surface area contributed by atoms with E-state index in [9.17, 15) is 14.4 Å². The van der Waals surface area contributed by atoms with Crippen LogP contribution in [0.25, 0.3) is 0 Å². The predicted octanol–water partition coefficient (Wildman–Crippen LogP) is 4.18. The van der Waals surface area contributed by atoms with Gasteiger partial charge in [-0.15, -0.1) is 11.8 Å². The summed E-state index contributed by atoms with van der Waals surface area (Å²) in [6, 6.07) is 2.65. The van der Waals surface area contributed by atoms with Crippen molar-refractivity contribution in [3.05, 3.63) is 23.9 Å². The molecule has 0 aliphatic heterocycles. The van der Waals surface area contributed by atoms with Gasteiger partial charge in [-0.05, 0) is 95.6 Å². The number of amides is 2. The number of alkyl carbamates (subject to hydrolysis) is 1. The van der Waals surface area contributed by atoms with Gasteiger partial charge in [0.2, 0.25) is 5.91 Å². The van der Waals surface area contributed by atoms with E-state index in [4.69, 9.17) is 9.47 Å². The molecule has 5 rings (SSSR count). The van der Waals surface area contributed by atoms with Crippen molar-refractivity contribution in [2.75, 3.05) is 12.4 Å². The highest BCUT2D eigenvalue weighted by Crippen LogP contribution is 2.53. The maximum atomic E-state index is 13.5. The number of ether oxygens (including phenoxy) is 2. The summed E-state index contributed by atoms with van der Waals surface area (Å²) in [6.45, 7) is 7.35. The summed E-state index contributed by atoms with van der Waals surface area (Å²) in [5, 5.41) is 6.50. The van der Waals surface area contributed by atoms with Crippen molar-refractivity contribution in [1.29, 1.82) is 0 Å². The molecule has 9 heteroatoms. The third-order valence-corrected chi connectivity index (χ3v) is 8.30. The summed E-state index contributed by atoms with van der Waals surface area (Å²) < 4.78 is 10.6. The van der Waals surface area contributed by atoms with Crippen LogP contribution in [0.3, 0.4) is 0 Å². The first-order valence-corrected chi connectivity index (χ1v) is 13.7. The average molecular weight is 504 g/mol. The topological polar surface area (TPSA) is 107 Å². The standard InChI is InChI=1S/C26H37N3O5S/c1-5-33-24(31)19-7-6-8-27-23(19)35-14-20(28-25(32)34-26(2,3)4)22(30)29-21-17-10-15-9-16(12-17)13-18(21)11-15/h6-8,15-18,20-21H,5,9-14H2,1-4H3,(H,28,32)(H,29,30). The Kier molecular flexibility index (Phi) is 7.93. The second kappa shape index (κ2) is 10.8. The van der Waals surface area contributed by atoms with E-state index in [0.29, 0.717) is 22.4 Å². The van der Waals surface area contributed by atoms with Crippen LogP contribution in [0.2, 0.25) is 0 Å². The maximum absolute atomic E-state index is 13.5. The quantitative estimate of drug-likeness (QED) is 0.405. The van der Waals surface area contributed by atoms with E-state index in [1.165, 1.54) is 43.9 Å². The lowest BCUT2D eigenvalue weighted by Crippen LogP contribution is -2.59. The number of carbonyl (C=O) groups excluding carboxylic acids is 3. The molecule has 1 unspecified atom stereocenters. The lowest BCUT2D eigenvalue weighted by Gasteiger charge is -2.54. The molecule has 4 aliphatic carbocycles. The fourth-order valence-corrected chi connectivity index (χ4v) is 7.09. The Hall–Kier alpha value is -2.29. The van der Waals surface area contributed by atoms with Crippen LogP contribution in [0.1, 0.15) is 70.2 Å². The number of nitrogens with one attached hydrogen (secondary N) is 2. The van der Waals surface area contributed by atoms with Gasteiger partial charge < -0.3 is 20.1 Å². The molecule has 192 valence electrons. The van der Waals surface area contributed by atoms with E-state index >= 15 is 0 Å². The number of hydrogen-bond acceptors (Lipinski definition) is 7. The number of aromatic nitrogens is 1. The van der Waals surface area contributed by atoms with Gasteiger partial charge in [0, 0.05) is 18.0 Å². The largest absolute Gasteiger partial charge is 0.462 e. The molecule has 0 radical (unpaired) electrons. The van der Waals surface area contributed by atoms with Crippen molar-refractivity contribution in [2.24, 2.45) is 23.7 Å². The molecule has 1 aromatic rings. The summed E-state index contributed by atoms with van der Waals surface area (Å²) in [5.74, 6) is 2.20. The lowest BCUT2D eigenvalue weighted by atomic mass is 9.54. The lowest BCUT2D eigenvalue weighted by molar-refractivity contribution is -0.126. The molecular formula is C26H37N3O5S. The minimum absolute atomic E-state index is 0.160. The maximum Gasteiger partial charge on any atom is 0.408 e. The molecule has 4 bridgehead atoms. The van der Waals surface area contributed by atoms with Crippen LogP contribution in [-0.4, -0.2) is 53.0 Å². The van der Waals surface area contributed by atoms with Gasteiger partial charge in [-0.2, -0.15) is 0 Å². The van der Waals surface area contributed by atoms with E-state index in [1.54, 1.807) is 46.0 Å². The van der Waals surface area contributed by atoms with Gasteiger partial charge in [0.1, 0.15) is 16.7 Å². The van der Waals surface area contributed by atoms with E-state index in [2.05, 4.69) is 15.6 Å². The number of esters is 1. The normalized spacial score (nSPS) is 27.7. The Morgan fingerprint density at radius 2 is 1.77 bits per heavy atom. The number of hydrogen-bond donors (Lipinski definition) is 2. The first-order valence-electron chi connectivity index (χ1n) is 12.7. The van der Waals surface area contributed by atoms with Gasteiger partial charge in [0.15, 0.2) is 0 Å². The minimum Gasteiger partial charge on any atom is -0.462 e. The Balaban J connectivity index is 1.46. The molecule has 0 aromatic carbocycles. The summed E-state index contributed by atoms with van der Waals surface area (Å²) in [5.41, 5.74) is -0.339. The third kappa shape index (κ3) is 6.48. The zero-order valence-corrected chi connectivity index (χ0v) is 21.9. The average Bonchev–Trinajstić information content (AvgIpc) is 2.77. The molecule has 8 nitrogen and oxygen atoms in total. The number of carbonyl (C=O) groups is 3. The highest BCUT2D eigenvalue weighted by atomic mass is 32.2. The highest BCUT2D eigenvalue weighted by Gasteiger charge is 2.49. The molecule has 2 amide bonds. The van der Waals surface area contributed by atoms with E-state index in [1.807, 2.05) is 0 Å². The number of nitrogens with zero attached hydrogens (tertiary/aromatic N) is 1. The van der Waals surface area contributed by atoms with Crippen LogP contribution in [-0.2, 0) is 14.3 Å².